The number of nitrogens with zero attached hydrogens (tertiary/aromatic N) is 1. The van der Waals surface area contributed by atoms with E-state index in [0.29, 0.717) is 34.8 Å². The highest BCUT2D eigenvalue weighted by Crippen LogP contribution is 2.36. The highest BCUT2D eigenvalue weighted by atomic mass is 35.5. The second-order valence-electron chi connectivity index (χ2n) is 5.03. The van der Waals surface area contributed by atoms with Crippen LogP contribution in [0.25, 0.3) is 0 Å². The van der Waals surface area contributed by atoms with E-state index in [1.165, 1.54) is 0 Å². The summed E-state index contributed by atoms with van der Waals surface area (Å²) in [6.45, 7) is 6.80. The molecule has 1 N–H and O–H groups in total. The van der Waals surface area contributed by atoms with E-state index in [2.05, 4.69) is 10.5 Å². The lowest BCUT2D eigenvalue weighted by Gasteiger charge is -2.13. The van der Waals surface area contributed by atoms with E-state index in [4.69, 9.17) is 32.7 Å². The van der Waals surface area contributed by atoms with Gasteiger partial charge in [0.2, 0.25) is 0 Å². The molecule has 6 heteroatoms. The molecule has 0 spiro atoms. The maximum Gasteiger partial charge on any atom is 0.179 e. The van der Waals surface area contributed by atoms with Crippen LogP contribution in [-0.4, -0.2) is 19.4 Å². The van der Waals surface area contributed by atoms with Gasteiger partial charge in [-0.15, -0.1) is 0 Å². The van der Waals surface area contributed by atoms with Crippen LogP contribution in [0.4, 0.5) is 5.69 Å². The Bertz CT molecular complexity index is 733. The van der Waals surface area contributed by atoms with E-state index >= 15 is 0 Å². The molecule has 128 valence electrons. The fourth-order valence-corrected chi connectivity index (χ4v) is 2.51. The summed E-state index contributed by atoms with van der Waals surface area (Å²) >= 11 is 12.4. The molecule has 0 aliphatic carbocycles. The van der Waals surface area contributed by atoms with Crippen LogP contribution in [0.5, 0.6) is 11.5 Å². The van der Waals surface area contributed by atoms with Gasteiger partial charge in [-0.05, 0) is 56.2 Å². The molecule has 0 aliphatic rings. The average Bonchev–Trinajstić information content (AvgIpc) is 2.54. The molecule has 0 bridgehead atoms. The van der Waals surface area contributed by atoms with Gasteiger partial charge in [0.15, 0.2) is 11.5 Å². The Kier molecular flexibility index (Phi) is 6.76. The Morgan fingerprint density at radius 1 is 1.04 bits per heavy atom. The fourth-order valence-electron chi connectivity index (χ4n) is 2.05. The summed E-state index contributed by atoms with van der Waals surface area (Å²) in [5, 5.41) is 5.39. The quantitative estimate of drug-likeness (QED) is 0.516. The van der Waals surface area contributed by atoms with Gasteiger partial charge in [0.05, 0.1) is 30.1 Å². The van der Waals surface area contributed by atoms with Crippen LogP contribution in [0.15, 0.2) is 35.4 Å². The molecule has 0 aliphatic heterocycles. The molecule has 0 heterocycles. The summed E-state index contributed by atoms with van der Waals surface area (Å²) in [5.74, 6) is 1.16. The van der Waals surface area contributed by atoms with Crippen LogP contribution >= 0.6 is 23.2 Å². The van der Waals surface area contributed by atoms with Crippen LogP contribution in [0, 0.1) is 6.92 Å². The molecular formula is C18H20Cl2N2O2. The number of rotatable bonds is 7. The highest BCUT2D eigenvalue weighted by Gasteiger charge is 2.11. The molecule has 4 nitrogen and oxygen atoms in total. The smallest absolute Gasteiger partial charge is 0.179 e. The summed E-state index contributed by atoms with van der Waals surface area (Å²) in [4.78, 5) is 0. The van der Waals surface area contributed by atoms with Gasteiger partial charge in [-0.25, -0.2) is 0 Å². The van der Waals surface area contributed by atoms with Crippen molar-refractivity contribution in [1.82, 2.24) is 0 Å². The lowest BCUT2D eigenvalue weighted by atomic mass is 10.2. The Balaban J connectivity index is 2.17. The Hall–Kier alpha value is -1.91. The van der Waals surface area contributed by atoms with Crippen LogP contribution in [0.2, 0.25) is 10.0 Å². The average molecular weight is 367 g/mol. The number of halogens is 2. The molecule has 0 fully saturated rings. The topological polar surface area (TPSA) is 42.8 Å². The number of nitrogens with one attached hydrogen (secondary N) is 1. The lowest BCUT2D eigenvalue weighted by molar-refractivity contribution is 0.288. The van der Waals surface area contributed by atoms with Gasteiger partial charge in [-0.2, -0.15) is 5.10 Å². The van der Waals surface area contributed by atoms with Gasteiger partial charge < -0.3 is 9.47 Å². The predicted octanol–water partition coefficient (Wildman–Crippen LogP) is 5.55. The van der Waals surface area contributed by atoms with E-state index in [9.17, 15) is 0 Å². The highest BCUT2D eigenvalue weighted by molar-refractivity contribution is 6.32. The lowest BCUT2D eigenvalue weighted by Crippen LogP contribution is -2.00. The first-order valence-electron chi connectivity index (χ1n) is 7.69. The molecule has 0 unspecified atom stereocenters. The van der Waals surface area contributed by atoms with Crippen LogP contribution < -0.4 is 14.9 Å². The molecule has 0 atom stereocenters. The van der Waals surface area contributed by atoms with E-state index in [0.717, 1.165) is 16.8 Å². The second-order valence-corrected chi connectivity index (χ2v) is 5.84. The maximum atomic E-state index is 6.28. The summed E-state index contributed by atoms with van der Waals surface area (Å²) in [6, 6.07) is 9.29. The number of anilines is 1. The Labute approximate surface area is 152 Å². The standard InChI is InChI=1S/C18H20Cl2N2O2/c1-4-23-17-9-13(8-16(20)18(17)24-5-2)11-21-22-14-7-6-12(3)15(19)10-14/h6-11,22H,4-5H2,1-3H3/b21-11+. The summed E-state index contributed by atoms with van der Waals surface area (Å²) in [6.07, 6.45) is 1.66. The Morgan fingerprint density at radius 2 is 1.79 bits per heavy atom. The van der Waals surface area contributed by atoms with Crippen molar-refractivity contribution in [3.8, 4) is 11.5 Å². The summed E-state index contributed by atoms with van der Waals surface area (Å²) in [7, 11) is 0. The molecule has 0 aromatic heterocycles. The third kappa shape index (κ3) is 4.79. The van der Waals surface area contributed by atoms with Crippen molar-refractivity contribution < 1.29 is 9.47 Å². The van der Waals surface area contributed by atoms with Gasteiger partial charge in [0.25, 0.3) is 0 Å². The molecule has 24 heavy (non-hydrogen) atoms. The van der Waals surface area contributed by atoms with Gasteiger partial charge in [0.1, 0.15) is 0 Å². The monoisotopic (exact) mass is 366 g/mol. The number of ether oxygens (including phenoxy) is 2. The third-order valence-corrected chi connectivity index (χ3v) is 3.89. The largest absolute Gasteiger partial charge is 0.490 e. The number of benzene rings is 2. The van der Waals surface area contributed by atoms with E-state index in [-0.39, 0.29) is 0 Å². The molecule has 2 rings (SSSR count). The van der Waals surface area contributed by atoms with Crippen molar-refractivity contribution in [2.45, 2.75) is 20.8 Å². The minimum atomic E-state index is 0.489. The normalized spacial score (nSPS) is 10.9. The SMILES string of the molecule is CCOc1cc(/C=N/Nc2ccc(C)c(Cl)c2)cc(Cl)c1OCC. The predicted molar refractivity (Wildman–Crippen MR) is 101 cm³/mol. The van der Waals surface area contributed by atoms with Crippen molar-refractivity contribution in [2.24, 2.45) is 5.10 Å². The molecule has 2 aromatic rings. The number of aryl methyl sites for hydroxylation is 1. The molecular weight excluding hydrogens is 347 g/mol. The zero-order valence-electron chi connectivity index (χ0n) is 13.9. The summed E-state index contributed by atoms with van der Waals surface area (Å²) < 4.78 is 11.1. The van der Waals surface area contributed by atoms with E-state index in [1.807, 2.05) is 45.0 Å². The van der Waals surface area contributed by atoms with Gasteiger partial charge in [-0.3, -0.25) is 5.43 Å². The molecule has 0 amide bonds. The zero-order chi connectivity index (χ0) is 17.5. The Morgan fingerprint density at radius 3 is 2.46 bits per heavy atom. The molecule has 0 saturated heterocycles. The van der Waals surface area contributed by atoms with Crippen molar-refractivity contribution in [1.29, 1.82) is 0 Å². The maximum absolute atomic E-state index is 6.28. The summed E-state index contributed by atoms with van der Waals surface area (Å²) in [5.41, 5.74) is 5.57. The van der Waals surface area contributed by atoms with Crippen molar-refractivity contribution in [2.75, 3.05) is 18.6 Å². The first-order valence-corrected chi connectivity index (χ1v) is 8.45. The third-order valence-electron chi connectivity index (χ3n) is 3.20. The van der Waals surface area contributed by atoms with Gasteiger partial charge in [0, 0.05) is 5.02 Å². The first-order chi connectivity index (χ1) is 11.5. The van der Waals surface area contributed by atoms with Gasteiger partial charge in [-0.1, -0.05) is 29.3 Å². The number of hydrogen-bond acceptors (Lipinski definition) is 4. The minimum absolute atomic E-state index is 0.489. The van der Waals surface area contributed by atoms with Crippen LogP contribution in [0.3, 0.4) is 0 Å². The van der Waals surface area contributed by atoms with Crippen LogP contribution in [-0.2, 0) is 0 Å². The first kappa shape index (κ1) is 18.4. The minimum Gasteiger partial charge on any atom is -0.490 e. The molecule has 2 aromatic carbocycles. The van der Waals surface area contributed by atoms with Crippen molar-refractivity contribution in [3.05, 3.63) is 51.5 Å². The second kappa shape index (κ2) is 8.81. The van der Waals surface area contributed by atoms with Crippen LogP contribution in [0.1, 0.15) is 25.0 Å². The fraction of sp³-hybridized carbons (Fsp3) is 0.278. The molecule has 0 saturated carbocycles. The zero-order valence-corrected chi connectivity index (χ0v) is 15.4. The van der Waals surface area contributed by atoms with Gasteiger partial charge >= 0.3 is 0 Å². The molecule has 0 radical (unpaired) electrons. The number of hydrazone groups is 1. The van der Waals surface area contributed by atoms with E-state index < -0.39 is 0 Å². The van der Waals surface area contributed by atoms with E-state index in [1.54, 1.807) is 12.3 Å². The number of hydrogen-bond donors (Lipinski definition) is 1. The van der Waals surface area contributed by atoms with Crippen molar-refractivity contribution >= 4 is 35.1 Å². The van der Waals surface area contributed by atoms with Crippen molar-refractivity contribution in [3.63, 3.8) is 0 Å².